The third-order valence-corrected chi connectivity index (χ3v) is 3.87. The van der Waals surface area contributed by atoms with Gasteiger partial charge in [0.25, 0.3) is 0 Å². The highest BCUT2D eigenvalue weighted by Crippen LogP contribution is 2.28. The molecule has 4 nitrogen and oxygen atoms in total. The maximum atomic E-state index is 9.76. The molecule has 1 unspecified atom stereocenters. The van der Waals surface area contributed by atoms with E-state index in [0.717, 1.165) is 16.0 Å². The largest absolute Gasteiger partial charge is 0.391 e. The van der Waals surface area contributed by atoms with E-state index in [1.807, 2.05) is 20.8 Å². The Bertz CT molecular complexity index is 509. The minimum absolute atomic E-state index is 0.241. The molecule has 2 N–H and O–H groups in total. The van der Waals surface area contributed by atoms with E-state index < -0.39 is 0 Å². The van der Waals surface area contributed by atoms with Gasteiger partial charge in [0.15, 0.2) is 0 Å². The zero-order valence-corrected chi connectivity index (χ0v) is 11.1. The van der Waals surface area contributed by atoms with Crippen molar-refractivity contribution >= 4 is 27.4 Å². The standard InChI is InChI=1S/C12H17N3OS/c1-7(2)9(16)4-13-12-11-10(14-6-15-12)8(3)5-17-11/h5-7,9,16H,4H2,1-3H3,(H,13,14,15). The molecule has 2 aromatic rings. The summed E-state index contributed by atoms with van der Waals surface area (Å²) < 4.78 is 1.06. The summed E-state index contributed by atoms with van der Waals surface area (Å²) in [5, 5.41) is 15.0. The first-order chi connectivity index (χ1) is 8.09. The molecule has 0 bridgehead atoms. The number of nitrogens with zero attached hydrogens (tertiary/aromatic N) is 2. The maximum Gasteiger partial charge on any atom is 0.147 e. The molecule has 2 aromatic heterocycles. The summed E-state index contributed by atoms with van der Waals surface area (Å²) in [6, 6.07) is 0. The number of fused-ring (bicyclic) bond motifs is 1. The van der Waals surface area contributed by atoms with Crippen LogP contribution in [0.2, 0.25) is 0 Å². The Labute approximate surface area is 105 Å². The molecule has 0 amide bonds. The topological polar surface area (TPSA) is 58.0 Å². The van der Waals surface area contributed by atoms with E-state index in [-0.39, 0.29) is 12.0 Å². The Hall–Kier alpha value is -1.20. The number of aliphatic hydroxyl groups is 1. The van der Waals surface area contributed by atoms with Crippen molar-refractivity contribution in [1.29, 1.82) is 0 Å². The van der Waals surface area contributed by atoms with Crippen LogP contribution in [0, 0.1) is 12.8 Å². The van der Waals surface area contributed by atoms with Gasteiger partial charge in [-0.3, -0.25) is 0 Å². The molecule has 0 spiro atoms. The minimum Gasteiger partial charge on any atom is -0.391 e. The Kier molecular flexibility index (Phi) is 3.59. The summed E-state index contributed by atoms with van der Waals surface area (Å²) >= 11 is 1.63. The van der Waals surface area contributed by atoms with Crippen molar-refractivity contribution in [2.45, 2.75) is 26.9 Å². The van der Waals surface area contributed by atoms with Crippen molar-refractivity contribution in [2.24, 2.45) is 5.92 Å². The SMILES string of the molecule is Cc1csc2c(NCC(O)C(C)C)ncnc12. The van der Waals surface area contributed by atoms with E-state index in [0.29, 0.717) is 6.54 Å². The highest BCUT2D eigenvalue weighted by atomic mass is 32.1. The third kappa shape index (κ3) is 2.56. The van der Waals surface area contributed by atoms with Crippen molar-refractivity contribution in [3.8, 4) is 0 Å². The van der Waals surface area contributed by atoms with E-state index in [1.165, 1.54) is 5.56 Å². The Morgan fingerprint density at radius 3 is 2.88 bits per heavy atom. The number of aliphatic hydroxyl groups excluding tert-OH is 1. The lowest BCUT2D eigenvalue weighted by molar-refractivity contribution is 0.138. The van der Waals surface area contributed by atoms with E-state index in [4.69, 9.17) is 0 Å². The van der Waals surface area contributed by atoms with Gasteiger partial charge >= 0.3 is 0 Å². The molecular formula is C12H17N3OS. The van der Waals surface area contributed by atoms with Crippen molar-refractivity contribution in [3.63, 3.8) is 0 Å². The first kappa shape index (κ1) is 12.3. The van der Waals surface area contributed by atoms with E-state index in [1.54, 1.807) is 17.7 Å². The quantitative estimate of drug-likeness (QED) is 0.876. The summed E-state index contributed by atoms with van der Waals surface area (Å²) in [6.45, 7) is 6.55. The molecule has 0 saturated heterocycles. The molecule has 2 heterocycles. The van der Waals surface area contributed by atoms with Gasteiger partial charge in [-0.25, -0.2) is 9.97 Å². The van der Waals surface area contributed by atoms with Gasteiger partial charge in [-0.15, -0.1) is 11.3 Å². The van der Waals surface area contributed by atoms with E-state index >= 15 is 0 Å². The van der Waals surface area contributed by atoms with Crippen LogP contribution in [0.5, 0.6) is 0 Å². The number of anilines is 1. The van der Waals surface area contributed by atoms with Gasteiger partial charge in [0.2, 0.25) is 0 Å². The fourth-order valence-corrected chi connectivity index (χ4v) is 2.50. The van der Waals surface area contributed by atoms with E-state index in [9.17, 15) is 5.11 Å². The van der Waals surface area contributed by atoms with Gasteiger partial charge in [-0.05, 0) is 23.8 Å². The van der Waals surface area contributed by atoms with E-state index in [2.05, 4.69) is 20.7 Å². The fraction of sp³-hybridized carbons (Fsp3) is 0.500. The average molecular weight is 251 g/mol. The van der Waals surface area contributed by atoms with Crippen molar-refractivity contribution in [3.05, 3.63) is 17.3 Å². The Morgan fingerprint density at radius 1 is 1.41 bits per heavy atom. The van der Waals surface area contributed by atoms with Crippen LogP contribution in [-0.4, -0.2) is 27.7 Å². The van der Waals surface area contributed by atoms with Crippen LogP contribution in [0.15, 0.2) is 11.7 Å². The second-order valence-electron chi connectivity index (χ2n) is 4.51. The number of hydrogen-bond donors (Lipinski definition) is 2. The summed E-state index contributed by atoms with van der Waals surface area (Å²) in [4.78, 5) is 8.49. The number of nitrogens with one attached hydrogen (secondary N) is 1. The average Bonchev–Trinajstić information content (AvgIpc) is 2.69. The second-order valence-corrected chi connectivity index (χ2v) is 5.39. The lowest BCUT2D eigenvalue weighted by Gasteiger charge is -2.15. The Balaban J connectivity index is 2.19. The molecule has 0 aliphatic heterocycles. The third-order valence-electron chi connectivity index (χ3n) is 2.78. The number of aromatic nitrogens is 2. The second kappa shape index (κ2) is 4.98. The van der Waals surface area contributed by atoms with Crippen LogP contribution in [0.4, 0.5) is 5.82 Å². The molecule has 0 radical (unpaired) electrons. The summed E-state index contributed by atoms with van der Waals surface area (Å²) in [5.74, 6) is 1.05. The highest BCUT2D eigenvalue weighted by Gasteiger charge is 2.11. The fourth-order valence-electron chi connectivity index (χ4n) is 1.53. The van der Waals surface area contributed by atoms with Gasteiger partial charge in [0.1, 0.15) is 12.1 Å². The predicted molar refractivity (Wildman–Crippen MR) is 71.5 cm³/mol. The first-order valence-corrected chi connectivity index (χ1v) is 6.58. The summed E-state index contributed by atoms with van der Waals surface area (Å²) in [7, 11) is 0. The van der Waals surface area contributed by atoms with Crippen LogP contribution < -0.4 is 5.32 Å². The van der Waals surface area contributed by atoms with Crippen LogP contribution >= 0.6 is 11.3 Å². The minimum atomic E-state index is -0.360. The van der Waals surface area contributed by atoms with Gasteiger partial charge < -0.3 is 10.4 Å². The van der Waals surface area contributed by atoms with Gasteiger partial charge in [0.05, 0.1) is 16.3 Å². The molecular weight excluding hydrogens is 234 g/mol. The molecule has 92 valence electrons. The van der Waals surface area contributed by atoms with Crippen LogP contribution in [0.3, 0.4) is 0 Å². The van der Waals surface area contributed by atoms with Crippen molar-refractivity contribution < 1.29 is 5.11 Å². The zero-order chi connectivity index (χ0) is 12.4. The number of hydrogen-bond acceptors (Lipinski definition) is 5. The molecule has 0 aliphatic carbocycles. The summed E-state index contributed by atoms with van der Waals surface area (Å²) in [5.41, 5.74) is 2.16. The van der Waals surface area contributed by atoms with Crippen LogP contribution in [0.25, 0.3) is 10.2 Å². The van der Waals surface area contributed by atoms with Gasteiger partial charge in [-0.1, -0.05) is 13.8 Å². The molecule has 0 saturated carbocycles. The van der Waals surface area contributed by atoms with Crippen molar-refractivity contribution in [1.82, 2.24) is 9.97 Å². The predicted octanol–water partition coefficient (Wildman–Crippen LogP) is 2.43. The number of aryl methyl sites for hydroxylation is 1. The highest BCUT2D eigenvalue weighted by molar-refractivity contribution is 7.18. The summed E-state index contributed by atoms with van der Waals surface area (Å²) in [6.07, 6.45) is 1.20. The maximum absolute atomic E-state index is 9.76. The molecule has 5 heteroatoms. The molecule has 2 rings (SSSR count). The molecule has 1 atom stereocenters. The Morgan fingerprint density at radius 2 is 2.18 bits per heavy atom. The van der Waals surface area contributed by atoms with Crippen LogP contribution in [0.1, 0.15) is 19.4 Å². The molecule has 17 heavy (non-hydrogen) atoms. The smallest absolute Gasteiger partial charge is 0.147 e. The number of rotatable bonds is 4. The molecule has 0 fully saturated rings. The lowest BCUT2D eigenvalue weighted by atomic mass is 10.1. The van der Waals surface area contributed by atoms with Crippen molar-refractivity contribution in [2.75, 3.05) is 11.9 Å². The number of thiophene rings is 1. The van der Waals surface area contributed by atoms with Gasteiger partial charge in [0, 0.05) is 6.54 Å². The lowest BCUT2D eigenvalue weighted by Crippen LogP contribution is -2.25. The monoisotopic (exact) mass is 251 g/mol. The molecule has 0 aromatic carbocycles. The first-order valence-electron chi connectivity index (χ1n) is 5.70. The molecule has 0 aliphatic rings. The normalized spacial score (nSPS) is 13.2. The zero-order valence-electron chi connectivity index (χ0n) is 10.3. The van der Waals surface area contributed by atoms with Crippen LogP contribution in [-0.2, 0) is 0 Å². The van der Waals surface area contributed by atoms with Gasteiger partial charge in [-0.2, -0.15) is 0 Å².